The highest BCUT2D eigenvalue weighted by Gasteiger charge is 2.25. The number of hydrogen-bond acceptors (Lipinski definition) is 5. The van der Waals surface area contributed by atoms with Crippen molar-refractivity contribution >= 4 is 21.6 Å². The number of sulfonamides is 1. The van der Waals surface area contributed by atoms with Gasteiger partial charge in [-0.1, -0.05) is 13.0 Å². The van der Waals surface area contributed by atoms with E-state index in [0.29, 0.717) is 36.7 Å². The second kappa shape index (κ2) is 11.5. The van der Waals surface area contributed by atoms with Crippen LogP contribution in [0.3, 0.4) is 0 Å². The van der Waals surface area contributed by atoms with Gasteiger partial charge in [0.25, 0.3) is 15.9 Å². The summed E-state index contributed by atoms with van der Waals surface area (Å²) >= 11 is 0. The zero-order valence-electron chi connectivity index (χ0n) is 19.7. The number of carbonyl (C=O) groups excluding carboxylic acids is 1. The molecule has 0 radical (unpaired) electrons. The minimum atomic E-state index is -3.85. The first-order valence-corrected chi connectivity index (χ1v) is 13.1. The van der Waals surface area contributed by atoms with Crippen LogP contribution in [0, 0.1) is 6.92 Å². The van der Waals surface area contributed by atoms with Crippen LogP contribution in [0.15, 0.2) is 47.4 Å². The van der Waals surface area contributed by atoms with Crippen LogP contribution in [0.1, 0.15) is 55.5 Å². The summed E-state index contributed by atoms with van der Waals surface area (Å²) in [5, 5.41) is 0. The van der Waals surface area contributed by atoms with Gasteiger partial charge in [-0.3, -0.25) is 9.52 Å². The SMILES string of the molecule is CCCOC1CCCN(C(=O)c2cc(S(=O)(=O)Nc3ccc(OCC)cc3)ccc2C)CC1. The lowest BCUT2D eigenvalue weighted by Crippen LogP contribution is -2.33. The van der Waals surface area contributed by atoms with Gasteiger partial charge in [0.05, 0.1) is 17.6 Å². The largest absolute Gasteiger partial charge is 0.494 e. The third-order valence-corrected chi connectivity index (χ3v) is 7.07. The molecule has 33 heavy (non-hydrogen) atoms. The predicted octanol–water partition coefficient (Wildman–Crippen LogP) is 4.62. The fourth-order valence-electron chi connectivity index (χ4n) is 3.89. The summed E-state index contributed by atoms with van der Waals surface area (Å²) in [6, 6.07) is 11.4. The molecule has 3 rings (SSSR count). The molecule has 1 aliphatic rings. The summed E-state index contributed by atoms with van der Waals surface area (Å²) < 4.78 is 39.8. The van der Waals surface area contributed by atoms with Crippen molar-refractivity contribution in [3.63, 3.8) is 0 Å². The van der Waals surface area contributed by atoms with E-state index in [1.54, 1.807) is 30.3 Å². The number of nitrogens with zero attached hydrogens (tertiary/aromatic N) is 1. The van der Waals surface area contributed by atoms with Crippen molar-refractivity contribution < 1.29 is 22.7 Å². The highest BCUT2D eigenvalue weighted by Crippen LogP contribution is 2.23. The number of anilines is 1. The predicted molar refractivity (Wildman–Crippen MR) is 129 cm³/mol. The van der Waals surface area contributed by atoms with E-state index in [2.05, 4.69) is 11.6 Å². The summed E-state index contributed by atoms with van der Waals surface area (Å²) in [6.07, 6.45) is 3.75. The van der Waals surface area contributed by atoms with Gasteiger partial charge >= 0.3 is 0 Å². The normalized spacial score (nSPS) is 16.8. The number of benzene rings is 2. The number of amides is 1. The van der Waals surface area contributed by atoms with E-state index >= 15 is 0 Å². The summed E-state index contributed by atoms with van der Waals surface area (Å²) in [5.41, 5.74) is 1.60. The van der Waals surface area contributed by atoms with E-state index in [-0.39, 0.29) is 16.9 Å². The fraction of sp³-hybridized carbons (Fsp3) is 0.480. The lowest BCUT2D eigenvalue weighted by Gasteiger charge is -2.22. The Labute approximate surface area is 197 Å². The van der Waals surface area contributed by atoms with E-state index < -0.39 is 10.0 Å². The average molecular weight is 475 g/mol. The lowest BCUT2D eigenvalue weighted by atomic mass is 10.1. The van der Waals surface area contributed by atoms with Crippen molar-refractivity contribution in [1.82, 2.24) is 4.90 Å². The van der Waals surface area contributed by atoms with E-state index in [4.69, 9.17) is 9.47 Å². The van der Waals surface area contributed by atoms with E-state index in [9.17, 15) is 13.2 Å². The molecule has 2 aromatic carbocycles. The Morgan fingerprint density at radius 2 is 1.85 bits per heavy atom. The Bertz CT molecular complexity index is 1040. The van der Waals surface area contributed by atoms with Crippen LogP contribution in [0.5, 0.6) is 5.75 Å². The van der Waals surface area contributed by atoms with Crippen LogP contribution < -0.4 is 9.46 Å². The Kier molecular flexibility index (Phi) is 8.74. The Balaban J connectivity index is 1.74. The van der Waals surface area contributed by atoms with Gasteiger partial charge in [0.1, 0.15) is 5.75 Å². The smallest absolute Gasteiger partial charge is 0.261 e. The molecule has 1 N–H and O–H groups in total. The van der Waals surface area contributed by atoms with Crippen molar-refractivity contribution in [3.8, 4) is 5.75 Å². The van der Waals surface area contributed by atoms with Crippen LogP contribution in [0.2, 0.25) is 0 Å². The highest BCUT2D eigenvalue weighted by molar-refractivity contribution is 7.92. The van der Waals surface area contributed by atoms with Gasteiger partial charge in [-0.2, -0.15) is 0 Å². The molecule has 0 aromatic heterocycles. The van der Waals surface area contributed by atoms with Crippen LogP contribution in [-0.4, -0.2) is 51.6 Å². The van der Waals surface area contributed by atoms with Crippen LogP contribution in [-0.2, 0) is 14.8 Å². The van der Waals surface area contributed by atoms with Gasteiger partial charge in [-0.25, -0.2) is 8.42 Å². The zero-order valence-corrected chi connectivity index (χ0v) is 20.5. The molecule has 1 amide bonds. The molecule has 1 fully saturated rings. The summed E-state index contributed by atoms with van der Waals surface area (Å²) in [7, 11) is -3.85. The maximum atomic E-state index is 13.3. The average Bonchev–Trinajstić information content (AvgIpc) is 3.04. The number of hydrogen-bond donors (Lipinski definition) is 1. The topological polar surface area (TPSA) is 84.9 Å². The van der Waals surface area contributed by atoms with E-state index in [1.807, 2.05) is 18.7 Å². The van der Waals surface area contributed by atoms with Crippen molar-refractivity contribution in [3.05, 3.63) is 53.6 Å². The number of likely N-dealkylation sites (tertiary alicyclic amines) is 1. The zero-order chi connectivity index (χ0) is 23.8. The molecule has 1 aliphatic heterocycles. The first-order valence-electron chi connectivity index (χ1n) is 11.6. The maximum Gasteiger partial charge on any atom is 0.261 e. The molecule has 2 aromatic rings. The molecule has 1 unspecified atom stereocenters. The van der Waals surface area contributed by atoms with Gasteiger partial charge in [-0.05, 0) is 81.5 Å². The van der Waals surface area contributed by atoms with Gasteiger partial charge in [0.2, 0.25) is 0 Å². The quantitative estimate of drug-likeness (QED) is 0.573. The molecule has 0 aliphatic carbocycles. The monoisotopic (exact) mass is 474 g/mol. The van der Waals surface area contributed by atoms with Crippen LogP contribution in [0.4, 0.5) is 5.69 Å². The fourth-order valence-corrected chi connectivity index (χ4v) is 4.97. The van der Waals surface area contributed by atoms with Gasteiger partial charge in [0, 0.05) is 30.9 Å². The standard InChI is InChI=1S/C25H34N2O5S/c1-4-17-32-21-7-6-15-27(16-14-21)25(28)24-18-23(13-8-19(24)3)33(29,30)26-20-9-11-22(12-10-20)31-5-2/h8-13,18,21,26H,4-7,14-17H2,1-3H3. The van der Waals surface area contributed by atoms with Crippen molar-refractivity contribution in [2.45, 2.75) is 57.5 Å². The number of ether oxygens (including phenoxy) is 2. The van der Waals surface area contributed by atoms with Gasteiger partial charge < -0.3 is 14.4 Å². The minimum absolute atomic E-state index is 0.0595. The highest BCUT2D eigenvalue weighted by atomic mass is 32.2. The minimum Gasteiger partial charge on any atom is -0.494 e. The molecule has 0 bridgehead atoms. The Morgan fingerprint density at radius 1 is 1.09 bits per heavy atom. The van der Waals surface area contributed by atoms with Crippen LogP contribution >= 0.6 is 0 Å². The molecule has 0 spiro atoms. The third-order valence-electron chi connectivity index (χ3n) is 5.69. The lowest BCUT2D eigenvalue weighted by molar-refractivity contribution is 0.0432. The first-order chi connectivity index (χ1) is 15.8. The van der Waals surface area contributed by atoms with Gasteiger partial charge in [-0.15, -0.1) is 0 Å². The Morgan fingerprint density at radius 3 is 2.55 bits per heavy atom. The molecule has 0 saturated carbocycles. The molecule has 1 saturated heterocycles. The van der Waals surface area contributed by atoms with Crippen molar-refractivity contribution in [2.24, 2.45) is 0 Å². The second-order valence-corrected chi connectivity index (χ2v) is 9.94. The second-order valence-electron chi connectivity index (χ2n) is 8.26. The number of carbonyl (C=O) groups is 1. The van der Waals surface area contributed by atoms with Crippen molar-refractivity contribution in [2.75, 3.05) is 31.0 Å². The molecule has 7 nitrogen and oxygen atoms in total. The molecule has 180 valence electrons. The maximum absolute atomic E-state index is 13.3. The Hall–Kier alpha value is -2.58. The molecule has 8 heteroatoms. The van der Waals surface area contributed by atoms with Crippen LogP contribution in [0.25, 0.3) is 0 Å². The number of rotatable bonds is 9. The third kappa shape index (κ3) is 6.71. The number of aryl methyl sites for hydroxylation is 1. The molecular formula is C25H34N2O5S. The molecular weight excluding hydrogens is 440 g/mol. The summed E-state index contributed by atoms with van der Waals surface area (Å²) in [4.78, 5) is 15.2. The number of nitrogens with one attached hydrogen (secondary N) is 1. The summed E-state index contributed by atoms with van der Waals surface area (Å²) in [5.74, 6) is 0.533. The first kappa shape index (κ1) is 25.1. The summed E-state index contributed by atoms with van der Waals surface area (Å²) in [6.45, 7) is 8.32. The van der Waals surface area contributed by atoms with E-state index in [1.165, 1.54) is 12.1 Å². The van der Waals surface area contributed by atoms with Crippen molar-refractivity contribution in [1.29, 1.82) is 0 Å². The van der Waals surface area contributed by atoms with E-state index in [0.717, 1.165) is 37.9 Å². The van der Waals surface area contributed by atoms with Gasteiger partial charge in [0.15, 0.2) is 0 Å². The molecule has 1 atom stereocenters. The molecule has 1 heterocycles.